The summed E-state index contributed by atoms with van der Waals surface area (Å²) in [5.41, 5.74) is 2.87. The first-order chi connectivity index (χ1) is 12.5. The van der Waals surface area contributed by atoms with Crippen LogP contribution in [0.4, 0.5) is 11.5 Å². The molecule has 0 unspecified atom stereocenters. The zero-order chi connectivity index (χ0) is 18.4. The van der Waals surface area contributed by atoms with E-state index in [0.29, 0.717) is 5.69 Å². The quantitative estimate of drug-likeness (QED) is 0.703. The molecule has 0 atom stereocenters. The van der Waals surface area contributed by atoms with Crippen molar-refractivity contribution < 1.29 is 8.42 Å². The molecule has 1 aromatic heterocycles. The van der Waals surface area contributed by atoms with Gasteiger partial charge in [-0.05, 0) is 68.9 Å². The van der Waals surface area contributed by atoms with Gasteiger partial charge in [-0.15, -0.1) is 0 Å². The van der Waals surface area contributed by atoms with Gasteiger partial charge in [0.05, 0.1) is 16.8 Å². The fourth-order valence-corrected chi connectivity index (χ4v) is 4.19. The Morgan fingerprint density at radius 2 is 2.04 bits per heavy atom. The molecule has 6 heteroatoms. The molecule has 1 aliphatic carbocycles. The molecule has 2 N–H and O–H groups in total. The van der Waals surface area contributed by atoms with Gasteiger partial charge in [-0.2, -0.15) is 0 Å². The summed E-state index contributed by atoms with van der Waals surface area (Å²) >= 11 is 0. The lowest BCUT2D eigenvalue weighted by Crippen LogP contribution is -2.13. The van der Waals surface area contributed by atoms with Crippen molar-refractivity contribution in [3.05, 3.63) is 59.8 Å². The molecule has 1 aliphatic rings. The van der Waals surface area contributed by atoms with E-state index in [0.717, 1.165) is 24.3 Å². The third-order valence-corrected chi connectivity index (χ3v) is 5.83. The highest BCUT2D eigenvalue weighted by Crippen LogP contribution is 2.20. The first kappa shape index (κ1) is 18.5. The van der Waals surface area contributed by atoms with Gasteiger partial charge < -0.3 is 5.32 Å². The summed E-state index contributed by atoms with van der Waals surface area (Å²) in [4.78, 5) is 4.55. The molecular weight excluding hydrogens is 346 g/mol. The lowest BCUT2D eigenvalue weighted by atomic mass is 9.97. The molecule has 26 heavy (non-hydrogen) atoms. The van der Waals surface area contributed by atoms with Crippen molar-refractivity contribution in [1.82, 2.24) is 4.98 Å². The Kier molecular flexibility index (Phi) is 5.93. The Balaban J connectivity index is 1.56. The van der Waals surface area contributed by atoms with Crippen LogP contribution in [0.5, 0.6) is 0 Å². The Labute approximate surface area is 155 Å². The molecule has 0 amide bonds. The van der Waals surface area contributed by atoms with Crippen LogP contribution < -0.4 is 10.0 Å². The fourth-order valence-electron chi connectivity index (χ4n) is 3.04. The van der Waals surface area contributed by atoms with Gasteiger partial charge in [0.25, 0.3) is 10.0 Å². The molecule has 0 saturated carbocycles. The summed E-state index contributed by atoms with van der Waals surface area (Å²) in [5.74, 6) is 0.750. The Morgan fingerprint density at radius 3 is 2.73 bits per heavy atom. The molecular formula is C20H25N3O2S. The maximum absolute atomic E-state index is 12.4. The van der Waals surface area contributed by atoms with Gasteiger partial charge in [-0.3, -0.25) is 4.72 Å². The number of allylic oxidation sites excluding steroid dienone is 1. The van der Waals surface area contributed by atoms with E-state index in [1.165, 1.54) is 37.5 Å². The molecule has 138 valence electrons. The number of rotatable bonds is 7. The molecule has 5 nitrogen and oxygen atoms in total. The highest BCUT2D eigenvalue weighted by Gasteiger charge is 2.14. The van der Waals surface area contributed by atoms with Gasteiger partial charge in [0.2, 0.25) is 0 Å². The van der Waals surface area contributed by atoms with Crippen LogP contribution in [0.15, 0.2) is 59.1 Å². The topological polar surface area (TPSA) is 71.1 Å². The van der Waals surface area contributed by atoms with Crippen LogP contribution >= 0.6 is 0 Å². The molecule has 0 spiro atoms. The van der Waals surface area contributed by atoms with Crippen molar-refractivity contribution in [2.75, 3.05) is 16.6 Å². The third-order valence-electron chi connectivity index (χ3n) is 4.45. The average Bonchev–Trinajstić information content (AvgIpc) is 2.64. The monoisotopic (exact) mass is 371 g/mol. The maximum atomic E-state index is 12.4. The van der Waals surface area contributed by atoms with Crippen molar-refractivity contribution in [2.24, 2.45) is 0 Å². The number of hydrogen-bond donors (Lipinski definition) is 2. The van der Waals surface area contributed by atoms with Gasteiger partial charge in [0.1, 0.15) is 5.82 Å². The minimum atomic E-state index is -3.60. The lowest BCUT2D eigenvalue weighted by molar-refractivity contribution is 0.601. The van der Waals surface area contributed by atoms with E-state index in [9.17, 15) is 8.42 Å². The van der Waals surface area contributed by atoms with Gasteiger partial charge in [0.15, 0.2) is 0 Å². The largest absolute Gasteiger partial charge is 0.370 e. The van der Waals surface area contributed by atoms with Gasteiger partial charge >= 0.3 is 0 Å². The van der Waals surface area contributed by atoms with Crippen LogP contribution in [-0.4, -0.2) is 19.9 Å². The number of nitrogens with one attached hydrogen (secondary N) is 2. The molecule has 1 heterocycles. The van der Waals surface area contributed by atoms with Crippen LogP contribution in [0, 0.1) is 6.92 Å². The zero-order valence-electron chi connectivity index (χ0n) is 15.0. The van der Waals surface area contributed by atoms with Crippen LogP contribution in [0.3, 0.4) is 0 Å². The number of anilines is 2. The fraction of sp³-hybridized carbons (Fsp3) is 0.350. The average molecular weight is 372 g/mol. The highest BCUT2D eigenvalue weighted by molar-refractivity contribution is 7.92. The minimum Gasteiger partial charge on any atom is -0.370 e. The number of hydrogen-bond acceptors (Lipinski definition) is 4. The van der Waals surface area contributed by atoms with Crippen molar-refractivity contribution in [3.63, 3.8) is 0 Å². The maximum Gasteiger partial charge on any atom is 0.261 e. The zero-order valence-corrected chi connectivity index (χ0v) is 15.8. The Bertz CT molecular complexity index is 874. The van der Waals surface area contributed by atoms with Crippen molar-refractivity contribution in [1.29, 1.82) is 0 Å². The summed E-state index contributed by atoms with van der Waals surface area (Å²) in [5, 5.41) is 3.29. The Hall–Kier alpha value is -2.34. The van der Waals surface area contributed by atoms with E-state index in [2.05, 4.69) is 21.1 Å². The number of benzene rings is 1. The van der Waals surface area contributed by atoms with Crippen molar-refractivity contribution in [2.45, 2.75) is 43.9 Å². The summed E-state index contributed by atoms with van der Waals surface area (Å²) in [6.07, 6.45) is 9.91. The first-order valence-electron chi connectivity index (χ1n) is 9.00. The molecule has 0 aliphatic heterocycles. The number of sulfonamides is 1. The molecule has 3 rings (SSSR count). The summed E-state index contributed by atoms with van der Waals surface area (Å²) in [6.45, 7) is 2.71. The Morgan fingerprint density at radius 1 is 1.15 bits per heavy atom. The molecule has 2 aromatic rings. The second kappa shape index (κ2) is 8.36. The van der Waals surface area contributed by atoms with Crippen molar-refractivity contribution >= 4 is 21.5 Å². The number of aromatic nitrogens is 1. The van der Waals surface area contributed by atoms with E-state index >= 15 is 0 Å². The van der Waals surface area contributed by atoms with Crippen LogP contribution in [0.25, 0.3) is 0 Å². The number of aryl methyl sites for hydroxylation is 1. The lowest BCUT2D eigenvalue weighted by Gasteiger charge is -2.13. The van der Waals surface area contributed by atoms with Crippen LogP contribution in [0.1, 0.15) is 37.7 Å². The van der Waals surface area contributed by atoms with E-state index in [4.69, 9.17) is 0 Å². The summed E-state index contributed by atoms with van der Waals surface area (Å²) < 4.78 is 27.4. The molecule has 0 bridgehead atoms. The van der Waals surface area contributed by atoms with Gasteiger partial charge in [0, 0.05) is 6.54 Å². The van der Waals surface area contributed by atoms with E-state index in [-0.39, 0.29) is 4.90 Å². The predicted molar refractivity (Wildman–Crippen MR) is 106 cm³/mol. The number of pyridine rings is 1. The van der Waals surface area contributed by atoms with Crippen LogP contribution in [-0.2, 0) is 10.0 Å². The highest BCUT2D eigenvalue weighted by atomic mass is 32.2. The number of nitrogens with zero attached hydrogens (tertiary/aromatic N) is 1. The summed E-state index contributed by atoms with van der Waals surface area (Å²) in [7, 11) is -3.60. The second-order valence-corrected chi connectivity index (χ2v) is 8.32. The SMILES string of the molecule is Cc1cccc(S(=O)(=O)Nc2ccc(NCCC3=CCCCC3)nc2)c1. The molecule has 0 fully saturated rings. The first-order valence-corrected chi connectivity index (χ1v) is 10.5. The smallest absolute Gasteiger partial charge is 0.261 e. The van der Waals surface area contributed by atoms with Crippen LogP contribution in [0.2, 0.25) is 0 Å². The minimum absolute atomic E-state index is 0.250. The second-order valence-electron chi connectivity index (χ2n) is 6.64. The van der Waals surface area contributed by atoms with Crippen molar-refractivity contribution in [3.8, 4) is 0 Å². The van der Waals surface area contributed by atoms with E-state index < -0.39 is 10.0 Å². The van der Waals surface area contributed by atoms with Gasteiger partial charge in [-0.1, -0.05) is 23.8 Å². The van der Waals surface area contributed by atoms with E-state index in [1.807, 2.05) is 13.0 Å². The normalized spacial score (nSPS) is 14.6. The summed E-state index contributed by atoms with van der Waals surface area (Å²) in [6, 6.07) is 10.3. The molecule has 0 radical (unpaired) electrons. The molecule has 0 saturated heterocycles. The standard InChI is InChI=1S/C20H25N3O2S/c1-16-6-5-9-19(14-16)26(24,25)23-18-10-11-20(22-15-18)21-13-12-17-7-3-2-4-8-17/h5-7,9-11,14-15,23H,2-4,8,12-13H2,1H3,(H,21,22). The third kappa shape index (κ3) is 5.08. The van der Waals surface area contributed by atoms with E-state index in [1.54, 1.807) is 30.3 Å². The predicted octanol–water partition coefficient (Wildman–Crippen LogP) is 4.49. The molecule has 1 aromatic carbocycles. The van der Waals surface area contributed by atoms with Gasteiger partial charge in [-0.25, -0.2) is 13.4 Å².